The van der Waals surface area contributed by atoms with E-state index in [9.17, 15) is 9.18 Å². The highest BCUT2D eigenvalue weighted by Crippen LogP contribution is 2.22. The molecule has 0 aliphatic heterocycles. The number of carboxylic acids is 1. The van der Waals surface area contributed by atoms with E-state index in [1.54, 1.807) is 18.2 Å². The lowest BCUT2D eigenvalue weighted by Gasteiger charge is -2.09. The maximum Gasteiger partial charge on any atom is 0.354 e. The lowest BCUT2D eigenvalue weighted by molar-refractivity contribution is 0.0687. The van der Waals surface area contributed by atoms with E-state index in [0.717, 1.165) is 0 Å². The molecule has 0 unspecified atom stereocenters. The number of halogens is 2. The van der Waals surface area contributed by atoms with E-state index in [2.05, 4.69) is 20.9 Å². The van der Waals surface area contributed by atoms with Crippen molar-refractivity contribution in [2.24, 2.45) is 0 Å². The quantitative estimate of drug-likeness (QED) is 0.937. The third kappa shape index (κ3) is 3.29. The number of benzene rings is 1. The summed E-state index contributed by atoms with van der Waals surface area (Å²) in [6, 6.07) is 7.56. The largest absolute Gasteiger partial charge is 0.486 e. The summed E-state index contributed by atoms with van der Waals surface area (Å²) in [7, 11) is 0. The van der Waals surface area contributed by atoms with Gasteiger partial charge >= 0.3 is 5.97 Å². The van der Waals surface area contributed by atoms with Crippen molar-refractivity contribution >= 4 is 21.9 Å². The Kier molecular flexibility index (Phi) is 4.11. The van der Waals surface area contributed by atoms with Crippen LogP contribution in [-0.4, -0.2) is 16.1 Å². The molecule has 0 saturated heterocycles. The SMILES string of the molecule is O=C(O)c1ncccc1COc1ccc(Br)cc1F. The Morgan fingerprint density at radius 1 is 1.42 bits per heavy atom. The summed E-state index contributed by atoms with van der Waals surface area (Å²) < 4.78 is 19.4. The summed E-state index contributed by atoms with van der Waals surface area (Å²) in [6.45, 7) is -0.0615. The molecule has 0 radical (unpaired) electrons. The molecule has 2 rings (SSSR count). The van der Waals surface area contributed by atoms with Crippen LogP contribution in [0.2, 0.25) is 0 Å². The minimum absolute atomic E-state index is 0.0587. The third-order valence-corrected chi connectivity index (χ3v) is 2.86. The van der Waals surface area contributed by atoms with Crippen molar-refractivity contribution in [3.05, 3.63) is 58.1 Å². The molecule has 1 aromatic carbocycles. The molecule has 0 saturated carbocycles. The van der Waals surface area contributed by atoms with Gasteiger partial charge in [-0.2, -0.15) is 0 Å². The van der Waals surface area contributed by atoms with Crippen LogP contribution in [0.15, 0.2) is 41.0 Å². The van der Waals surface area contributed by atoms with Crippen molar-refractivity contribution in [3.8, 4) is 5.75 Å². The number of ether oxygens (including phenoxy) is 1. The molecule has 1 N–H and O–H groups in total. The fourth-order valence-corrected chi connectivity index (χ4v) is 1.83. The van der Waals surface area contributed by atoms with Gasteiger partial charge in [0, 0.05) is 16.2 Å². The first kappa shape index (κ1) is 13.5. The Morgan fingerprint density at radius 3 is 2.89 bits per heavy atom. The molecule has 0 bridgehead atoms. The second kappa shape index (κ2) is 5.79. The van der Waals surface area contributed by atoms with Gasteiger partial charge in [-0.05, 0) is 24.3 Å². The summed E-state index contributed by atoms with van der Waals surface area (Å²) in [4.78, 5) is 14.7. The number of carboxylic acid groups (broad SMARTS) is 1. The molecule has 0 aliphatic carbocycles. The minimum Gasteiger partial charge on any atom is -0.486 e. The van der Waals surface area contributed by atoms with Crippen LogP contribution in [0, 0.1) is 5.82 Å². The average molecular weight is 326 g/mol. The fraction of sp³-hybridized carbons (Fsp3) is 0.0769. The van der Waals surface area contributed by atoms with Crippen LogP contribution in [-0.2, 0) is 6.61 Å². The molecular formula is C13H9BrFNO3. The molecule has 0 aliphatic rings. The molecule has 1 heterocycles. The van der Waals surface area contributed by atoms with E-state index in [1.165, 1.54) is 18.3 Å². The van der Waals surface area contributed by atoms with E-state index < -0.39 is 11.8 Å². The molecule has 98 valence electrons. The zero-order chi connectivity index (χ0) is 13.8. The van der Waals surface area contributed by atoms with Gasteiger partial charge in [0.25, 0.3) is 0 Å². The lowest BCUT2D eigenvalue weighted by Crippen LogP contribution is -2.08. The van der Waals surface area contributed by atoms with Gasteiger partial charge in [-0.3, -0.25) is 0 Å². The van der Waals surface area contributed by atoms with Crippen LogP contribution in [0.5, 0.6) is 5.75 Å². The van der Waals surface area contributed by atoms with Gasteiger partial charge in [-0.15, -0.1) is 0 Å². The predicted molar refractivity (Wildman–Crippen MR) is 69.6 cm³/mol. The van der Waals surface area contributed by atoms with Crippen LogP contribution in [0.3, 0.4) is 0 Å². The van der Waals surface area contributed by atoms with E-state index >= 15 is 0 Å². The highest BCUT2D eigenvalue weighted by Gasteiger charge is 2.12. The summed E-state index contributed by atoms with van der Waals surface area (Å²) in [5, 5.41) is 8.96. The van der Waals surface area contributed by atoms with Crippen molar-refractivity contribution in [1.82, 2.24) is 4.98 Å². The molecular weight excluding hydrogens is 317 g/mol. The van der Waals surface area contributed by atoms with Crippen molar-refractivity contribution in [1.29, 1.82) is 0 Å². The standard InChI is InChI=1S/C13H9BrFNO3/c14-9-3-4-11(10(15)6-9)19-7-8-2-1-5-16-12(8)13(17)18/h1-6H,7H2,(H,17,18). The monoisotopic (exact) mass is 325 g/mol. The van der Waals surface area contributed by atoms with E-state index in [4.69, 9.17) is 9.84 Å². The van der Waals surface area contributed by atoms with Crippen LogP contribution in [0.4, 0.5) is 4.39 Å². The Labute approximate surface area is 117 Å². The molecule has 0 amide bonds. The number of pyridine rings is 1. The van der Waals surface area contributed by atoms with Crippen molar-refractivity contribution < 1.29 is 19.0 Å². The number of carbonyl (C=O) groups is 1. The third-order valence-electron chi connectivity index (χ3n) is 2.37. The Hall–Kier alpha value is -1.95. The summed E-state index contributed by atoms with van der Waals surface area (Å²) in [6.07, 6.45) is 1.38. The average Bonchev–Trinajstić information content (AvgIpc) is 2.38. The van der Waals surface area contributed by atoms with Crippen LogP contribution >= 0.6 is 15.9 Å². The topological polar surface area (TPSA) is 59.4 Å². The van der Waals surface area contributed by atoms with Gasteiger partial charge in [0.05, 0.1) is 0 Å². The fourth-order valence-electron chi connectivity index (χ4n) is 1.50. The molecule has 4 nitrogen and oxygen atoms in total. The van der Waals surface area contributed by atoms with Crippen molar-refractivity contribution in [2.45, 2.75) is 6.61 Å². The maximum atomic E-state index is 13.5. The van der Waals surface area contributed by atoms with E-state index in [1.807, 2.05) is 0 Å². The van der Waals surface area contributed by atoms with Crippen molar-refractivity contribution in [2.75, 3.05) is 0 Å². The minimum atomic E-state index is -1.14. The number of aromatic nitrogens is 1. The zero-order valence-corrected chi connectivity index (χ0v) is 11.2. The normalized spacial score (nSPS) is 10.2. The molecule has 2 aromatic rings. The van der Waals surface area contributed by atoms with Crippen LogP contribution in [0.1, 0.15) is 16.1 Å². The summed E-state index contributed by atoms with van der Waals surface area (Å²) in [5.74, 6) is -1.60. The first-order valence-electron chi connectivity index (χ1n) is 5.33. The van der Waals surface area contributed by atoms with E-state index in [-0.39, 0.29) is 18.1 Å². The smallest absolute Gasteiger partial charge is 0.354 e. The summed E-state index contributed by atoms with van der Waals surface area (Å²) >= 11 is 3.14. The van der Waals surface area contributed by atoms with Crippen LogP contribution < -0.4 is 4.74 Å². The molecule has 0 atom stereocenters. The van der Waals surface area contributed by atoms with Crippen molar-refractivity contribution in [3.63, 3.8) is 0 Å². The molecule has 0 fully saturated rings. The molecule has 6 heteroatoms. The molecule has 1 aromatic heterocycles. The number of nitrogens with zero attached hydrogens (tertiary/aromatic N) is 1. The van der Waals surface area contributed by atoms with Gasteiger partial charge < -0.3 is 9.84 Å². The molecule has 19 heavy (non-hydrogen) atoms. The van der Waals surface area contributed by atoms with E-state index in [0.29, 0.717) is 10.0 Å². The lowest BCUT2D eigenvalue weighted by atomic mass is 10.2. The Bertz CT molecular complexity index is 619. The van der Waals surface area contributed by atoms with Crippen LogP contribution in [0.25, 0.3) is 0 Å². The highest BCUT2D eigenvalue weighted by molar-refractivity contribution is 9.10. The zero-order valence-electron chi connectivity index (χ0n) is 9.64. The predicted octanol–water partition coefficient (Wildman–Crippen LogP) is 3.26. The first-order valence-corrected chi connectivity index (χ1v) is 6.12. The summed E-state index contributed by atoms with van der Waals surface area (Å²) in [5.41, 5.74) is 0.289. The second-order valence-electron chi connectivity index (χ2n) is 3.68. The van der Waals surface area contributed by atoms with Gasteiger partial charge in [-0.25, -0.2) is 14.2 Å². The Morgan fingerprint density at radius 2 is 2.21 bits per heavy atom. The molecule has 0 spiro atoms. The van der Waals surface area contributed by atoms with Gasteiger partial charge in [0.2, 0.25) is 0 Å². The second-order valence-corrected chi connectivity index (χ2v) is 4.60. The first-order chi connectivity index (χ1) is 9.08. The maximum absolute atomic E-state index is 13.5. The number of hydrogen-bond acceptors (Lipinski definition) is 3. The van der Waals surface area contributed by atoms with Gasteiger partial charge in [0.15, 0.2) is 17.3 Å². The highest BCUT2D eigenvalue weighted by atomic mass is 79.9. The number of rotatable bonds is 4. The van der Waals surface area contributed by atoms with Gasteiger partial charge in [0.1, 0.15) is 6.61 Å². The number of aromatic carboxylic acids is 1. The van der Waals surface area contributed by atoms with Gasteiger partial charge in [-0.1, -0.05) is 22.0 Å². The Balaban J connectivity index is 2.17. The number of hydrogen-bond donors (Lipinski definition) is 1.